The van der Waals surface area contributed by atoms with Crippen molar-refractivity contribution in [1.29, 1.82) is 0 Å². The Morgan fingerprint density at radius 1 is 1.11 bits per heavy atom. The summed E-state index contributed by atoms with van der Waals surface area (Å²) in [5.74, 6) is -3.31. The first kappa shape index (κ1) is 34.1. The summed E-state index contributed by atoms with van der Waals surface area (Å²) in [6.07, 6.45) is -5.08. The predicted octanol–water partition coefficient (Wildman–Crippen LogP) is 3.27. The Balaban J connectivity index is 0.000000617. The normalized spacial score (nSPS) is 15.0. The Bertz CT molecular complexity index is 1810. The molecule has 12 nitrogen and oxygen atoms in total. The summed E-state index contributed by atoms with van der Waals surface area (Å²) in [6.45, 7) is 2.21. The molecule has 5 rings (SSSR count). The van der Waals surface area contributed by atoms with Crippen LogP contribution in [-0.2, 0) is 37.4 Å². The van der Waals surface area contributed by atoms with Crippen molar-refractivity contribution in [2.75, 3.05) is 31.6 Å². The quantitative estimate of drug-likeness (QED) is 0.197. The topological polar surface area (TPSA) is 161 Å². The number of rotatable bonds is 9. The van der Waals surface area contributed by atoms with Gasteiger partial charge in [0, 0.05) is 13.1 Å². The Labute approximate surface area is 260 Å². The van der Waals surface area contributed by atoms with Crippen LogP contribution >= 0.6 is 0 Å². The van der Waals surface area contributed by atoms with Crippen LogP contribution < -0.4 is 20.1 Å². The molecule has 0 aliphatic carbocycles. The number of aromatic nitrogens is 2. The number of hydrogen-bond acceptors (Lipinski definition) is 8. The number of fused-ring (bicyclic) bond motifs is 1. The first-order valence-corrected chi connectivity index (χ1v) is 15.1. The summed E-state index contributed by atoms with van der Waals surface area (Å²) in [4.78, 5) is 20.9. The standard InChI is InChI=1S/C27H28FN5O5S.C2HF3O2/c1-37-23-10-5-9-22-25(23)26(32-39(35,36)24-11-3-2-8-20(24)28)31-33(22)16-19-7-4-6-18(14-19)15-30-27(34)21-17-38-13-12-29-21;3-2(4,5)1(6)7/h2-11,14,21,29H,12-13,15-17H2,1H3,(H,30,34)(H,31,32);(H,6,7)/t21-;/m0./s1. The summed E-state index contributed by atoms with van der Waals surface area (Å²) in [5.41, 5.74) is 2.41. The molecule has 1 atom stereocenters. The monoisotopic (exact) mass is 667 g/mol. The molecule has 1 amide bonds. The van der Waals surface area contributed by atoms with E-state index in [0.29, 0.717) is 49.5 Å². The Morgan fingerprint density at radius 2 is 1.80 bits per heavy atom. The van der Waals surface area contributed by atoms with E-state index in [1.165, 1.54) is 25.3 Å². The molecule has 4 N–H and O–H groups in total. The van der Waals surface area contributed by atoms with Crippen LogP contribution in [0.25, 0.3) is 10.9 Å². The predicted molar refractivity (Wildman–Crippen MR) is 157 cm³/mol. The van der Waals surface area contributed by atoms with Crippen molar-refractivity contribution in [3.63, 3.8) is 0 Å². The van der Waals surface area contributed by atoms with Gasteiger partial charge in [0.25, 0.3) is 10.0 Å². The van der Waals surface area contributed by atoms with Crippen LogP contribution in [0.1, 0.15) is 11.1 Å². The summed E-state index contributed by atoms with van der Waals surface area (Å²) >= 11 is 0. The fourth-order valence-electron chi connectivity index (χ4n) is 4.46. The molecule has 1 aliphatic rings. The molecule has 0 saturated carbocycles. The van der Waals surface area contributed by atoms with Crippen molar-refractivity contribution in [2.45, 2.75) is 30.2 Å². The number of aliphatic carboxylic acids is 1. The van der Waals surface area contributed by atoms with Crippen LogP contribution in [0.3, 0.4) is 0 Å². The van der Waals surface area contributed by atoms with E-state index in [4.69, 9.17) is 19.4 Å². The summed E-state index contributed by atoms with van der Waals surface area (Å²) in [6, 6.07) is 17.7. The molecule has 0 unspecified atom stereocenters. The highest BCUT2D eigenvalue weighted by Crippen LogP contribution is 2.34. The van der Waals surface area contributed by atoms with Crippen molar-refractivity contribution in [2.24, 2.45) is 0 Å². The van der Waals surface area contributed by atoms with E-state index >= 15 is 0 Å². The van der Waals surface area contributed by atoms with E-state index < -0.39 is 32.9 Å². The maximum absolute atomic E-state index is 14.3. The largest absolute Gasteiger partial charge is 0.496 e. The van der Waals surface area contributed by atoms with Crippen LogP contribution in [-0.4, -0.2) is 74.3 Å². The number of anilines is 1. The number of hydrogen-bond donors (Lipinski definition) is 4. The van der Waals surface area contributed by atoms with Gasteiger partial charge in [0.2, 0.25) is 5.91 Å². The lowest BCUT2D eigenvalue weighted by atomic mass is 10.1. The molecule has 1 fully saturated rings. The molecule has 1 aliphatic heterocycles. The smallest absolute Gasteiger partial charge is 0.490 e. The number of carbonyl (C=O) groups excluding carboxylic acids is 1. The summed E-state index contributed by atoms with van der Waals surface area (Å²) in [7, 11) is -2.78. The Hall–Kier alpha value is -4.74. The second-order valence-corrected chi connectivity index (χ2v) is 11.5. The summed E-state index contributed by atoms with van der Waals surface area (Å²) in [5, 5.41) is 18.2. The molecule has 17 heteroatoms. The molecule has 46 heavy (non-hydrogen) atoms. The molecule has 4 aromatic rings. The molecular formula is C29H29F4N5O7S. The van der Waals surface area contributed by atoms with Gasteiger partial charge in [-0.1, -0.05) is 42.5 Å². The number of nitrogens with zero attached hydrogens (tertiary/aromatic N) is 2. The Kier molecular flexibility index (Phi) is 10.8. The van der Waals surface area contributed by atoms with Crippen LogP contribution in [0.4, 0.5) is 23.4 Å². The van der Waals surface area contributed by atoms with Gasteiger partial charge in [-0.25, -0.2) is 17.6 Å². The number of methoxy groups -OCH3 is 1. The fraction of sp³-hybridized carbons (Fsp3) is 0.276. The minimum atomic E-state index is -5.08. The van der Waals surface area contributed by atoms with E-state index in [2.05, 4.69) is 20.5 Å². The molecule has 246 valence electrons. The van der Waals surface area contributed by atoms with Crippen LogP contribution in [0, 0.1) is 5.82 Å². The van der Waals surface area contributed by atoms with E-state index in [1.54, 1.807) is 22.9 Å². The zero-order chi connectivity index (χ0) is 33.5. The Morgan fingerprint density at radius 3 is 2.46 bits per heavy atom. The molecular weight excluding hydrogens is 638 g/mol. The number of amides is 1. The highest BCUT2D eigenvalue weighted by atomic mass is 32.2. The van der Waals surface area contributed by atoms with Crippen molar-refractivity contribution >= 4 is 38.6 Å². The number of benzene rings is 3. The highest BCUT2D eigenvalue weighted by molar-refractivity contribution is 7.92. The number of carboxylic acid groups (broad SMARTS) is 1. The van der Waals surface area contributed by atoms with Crippen molar-refractivity contribution in [1.82, 2.24) is 20.4 Å². The SMILES string of the molecule is COc1cccc2c1c(NS(=O)(=O)c1ccccc1F)nn2Cc1cccc(CNC(=O)[C@@H]2COCCN2)c1.O=C(O)C(F)(F)F. The van der Waals surface area contributed by atoms with Gasteiger partial charge >= 0.3 is 12.1 Å². The van der Waals surface area contributed by atoms with E-state index in [1.807, 2.05) is 24.3 Å². The maximum Gasteiger partial charge on any atom is 0.490 e. The lowest BCUT2D eigenvalue weighted by Gasteiger charge is -2.22. The van der Waals surface area contributed by atoms with Gasteiger partial charge < -0.3 is 25.2 Å². The third-order valence-corrected chi connectivity index (χ3v) is 7.96. The molecule has 2 heterocycles. The van der Waals surface area contributed by atoms with E-state index in [9.17, 15) is 30.8 Å². The third kappa shape index (κ3) is 8.49. The zero-order valence-corrected chi connectivity index (χ0v) is 25.0. The molecule has 3 aromatic carbocycles. The van der Waals surface area contributed by atoms with E-state index in [-0.39, 0.29) is 17.8 Å². The number of morpholine rings is 1. The number of carboxylic acids is 1. The third-order valence-electron chi connectivity index (χ3n) is 6.59. The van der Waals surface area contributed by atoms with Crippen LogP contribution in [0.5, 0.6) is 5.75 Å². The lowest BCUT2D eigenvalue weighted by Crippen LogP contribution is -2.51. The minimum Gasteiger partial charge on any atom is -0.496 e. The van der Waals surface area contributed by atoms with Crippen LogP contribution in [0.15, 0.2) is 71.6 Å². The number of carbonyl (C=O) groups is 2. The van der Waals surface area contributed by atoms with Gasteiger partial charge in [-0.2, -0.15) is 18.3 Å². The van der Waals surface area contributed by atoms with Gasteiger partial charge in [0.1, 0.15) is 22.5 Å². The van der Waals surface area contributed by atoms with Gasteiger partial charge in [-0.3, -0.25) is 14.2 Å². The van der Waals surface area contributed by atoms with Crippen molar-refractivity contribution in [3.05, 3.63) is 83.7 Å². The maximum atomic E-state index is 14.3. The lowest BCUT2D eigenvalue weighted by molar-refractivity contribution is -0.192. The number of nitrogens with one attached hydrogen (secondary N) is 3. The zero-order valence-electron chi connectivity index (χ0n) is 24.2. The van der Waals surface area contributed by atoms with Crippen molar-refractivity contribution in [3.8, 4) is 5.75 Å². The van der Waals surface area contributed by atoms with Crippen molar-refractivity contribution < 1.29 is 50.1 Å². The molecule has 0 spiro atoms. The number of ether oxygens (including phenoxy) is 2. The summed E-state index contributed by atoms with van der Waals surface area (Å²) < 4.78 is 87.0. The average molecular weight is 668 g/mol. The second kappa shape index (κ2) is 14.6. The fourth-order valence-corrected chi connectivity index (χ4v) is 5.55. The average Bonchev–Trinajstić information content (AvgIpc) is 3.36. The number of halogens is 4. The molecule has 0 radical (unpaired) electrons. The minimum absolute atomic E-state index is 0.0244. The van der Waals surface area contributed by atoms with Crippen LogP contribution in [0.2, 0.25) is 0 Å². The second-order valence-electron chi connectivity index (χ2n) is 9.82. The first-order chi connectivity index (χ1) is 21.8. The van der Waals surface area contributed by atoms with Gasteiger partial charge in [0.05, 0.1) is 37.8 Å². The molecule has 0 bridgehead atoms. The van der Waals surface area contributed by atoms with Gasteiger partial charge in [-0.15, -0.1) is 0 Å². The molecule has 1 saturated heterocycles. The molecule has 1 aromatic heterocycles. The number of sulfonamides is 1. The first-order valence-electron chi connectivity index (χ1n) is 13.6. The van der Waals surface area contributed by atoms with Gasteiger partial charge in [0.15, 0.2) is 5.82 Å². The highest BCUT2D eigenvalue weighted by Gasteiger charge is 2.38. The number of alkyl halides is 3. The van der Waals surface area contributed by atoms with Gasteiger partial charge in [-0.05, 0) is 35.4 Å². The van der Waals surface area contributed by atoms with E-state index in [0.717, 1.165) is 17.2 Å².